The summed E-state index contributed by atoms with van der Waals surface area (Å²) in [6.07, 6.45) is 2.60. The molecule has 0 spiro atoms. The molecular weight excluding hydrogens is 454 g/mol. The highest BCUT2D eigenvalue weighted by molar-refractivity contribution is 6.01. The number of carbonyl (C=O) groups is 2. The molecule has 184 valence electrons. The number of amides is 2. The van der Waals surface area contributed by atoms with Gasteiger partial charge in [0.05, 0.1) is 5.69 Å². The summed E-state index contributed by atoms with van der Waals surface area (Å²) in [7, 11) is 0. The van der Waals surface area contributed by atoms with Crippen LogP contribution in [0.5, 0.6) is 0 Å². The van der Waals surface area contributed by atoms with Gasteiger partial charge in [0.2, 0.25) is 11.8 Å². The number of hydrogen-bond donors (Lipinski definition) is 2. The van der Waals surface area contributed by atoms with Crippen LogP contribution in [-0.4, -0.2) is 33.9 Å². The molecule has 0 bridgehead atoms. The van der Waals surface area contributed by atoms with E-state index in [0.717, 1.165) is 22.4 Å². The van der Waals surface area contributed by atoms with Gasteiger partial charge < -0.3 is 15.2 Å². The molecule has 9 heteroatoms. The monoisotopic (exact) mass is 482 g/mol. The van der Waals surface area contributed by atoms with Gasteiger partial charge in [-0.25, -0.2) is 8.78 Å². The zero-order chi connectivity index (χ0) is 25.2. The van der Waals surface area contributed by atoms with Gasteiger partial charge in [-0.2, -0.15) is 0 Å². The Labute approximate surface area is 202 Å². The van der Waals surface area contributed by atoms with Gasteiger partial charge in [0.25, 0.3) is 5.91 Å². The number of nitrogens with zero attached hydrogens (tertiary/aromatic N) is 2. The first-order chi connectivity index (χ1) is 16.6. The molecule has 4 rings (SSSR count). The largest absolute Gasteiger partial charge is 0.364 e. The Hall–Kier alpha value is -3.62. The van der Waals surface area contributed by atoms with Gasteiger partial charge in [0, 0.05) is 36.0 Å². The lowest BCUT2D eigenvalue weighted by Crippen LogP contribution is -2.50. The highest BCUT2D eigenvalue weighted by Crippen LogP contribution is 2.38. The van der Waals surface area contributed by atoms with Crippen LogP contribution in [0, 0.1) is 26.7 Å². The topological polar surface area (TPSA) is 97.1 Å². The molecule has 0 unspecified atom stereocenters. The second kappa shape index (κ2) is 9.93. The van der Waals surface area contributed by atoms with E-state index < -0.39 is 29.7 Å². The van der Waals surface area contributed by atoms with Crippen LogP contribution in [0.4, 0.5) is 14.5 Å². The van der Waals surface area contributed by atoms with Gasteiger partial charge in [0.1, 0.15) is 17.9 Å². The van der Waals surface area contributed by atoms with Crippen molar-refractivity contribution in [1.82, 2.24) is 15.5 Å². The summed E-state index contributed by atoms with van der Waals surface area (Å²) in [4.78, 5) is 30.4. The molecule has 2 aromatic heterocycles. The summed E-state index contributed by atoms with van der Waals surface area (Å²) in [5.74, 6) is -4.15. The van der Waals surface area contributed by atoms with E-state index in [1.54, 1.807) is 25.3 Å². The van der Waals surface area contributed by atoms with Gasteiger partial charge >= 0.3 is 0 Å². The third-order valence-corrected chi connectivity index (χ3v) is 6.59. The summed E-state index contributed by atoms with van der Waals surface area (Å²) in [5, 5.41) is 9.26. The van der Waals surface area contributed by atoms with Crippen molar-refractivity contribution in [3.05, 3.63) is 65.3 Å². The van der Waals surface area contributed by atoms with E-state index in [4.69, 9.17) is 4.52 Å². The van der Waals surface area contributed by atoms with Crippen molar-refractivity contribution in [2.75, 3.05) is 5.32 Å². The molecule has 2 N–H and O–H groups in total. The number of benzene rings is 1. The van der Waals surface area contributed by atoms with E-state index in [1.807, 2.05) is 32.0 Å². The standard InChI is InChI=1S/C26H28F2N4O3/c1-15-10-13-29-17(3)22(15)18-4-6-20(7-5-18)30-25(34)23(19-8-11-26(27,28)12-9-19)31-24(33)21-14-35-32-16(21)2/h4-7,10,13-14,19,23H,8-9,11-12H2,1-3H3,(H,30,34)(H,31,33)/t23-/m0/s1. The van der Waals surface area contributed by atoms with Gasteiger partial charge in [-0.1, -0.05) is 17.3 Å². The minimum absolute atomic E-state index is 0.131. The number of halogens is 2. The van der Waals surface area contributed by atoms with E-state index >= 15 is 0 Å². The van der Waals surface area contributed by atoms with Crippen LogP contribution in [0.2, 0.25) is 0 Å². The van der Waals surface area contributed by atoms with Gasteiger partial charge in [0.15, 0.2) is 0 Å². The van der Waals surface area contributed by atoms with Crippen molar-refractivity contribution >= 4 is 17.5 Å². The number of anilines is 1. The van der Waals surface area contributed by atoms with Crippen LogP contribution in [0.15, 0.2) is 47.3 Å². The third kappa shape index (κ3) is 5.55. The van der Waals surface area contributed by atoms with E-state index in [0.29, 0.717) is 11.4 Å². The fourth-order valence-corrected chi connectivity index (χ4v) is 4.59. The highest BCUT2D eigenvalue weighted by Gasteiger charge is 2.40. The van der Waals surface area contributed by atoms with E-state index in [1.165, 1.54) is 6.26 Å². The summed E-state index contributed by atoms with van der Waals surface area (Å²) in [5.41, 5.74) is 5.12. The van der Waals surface area contributed by atoms with Crippen LogP contribution >= 0.6 is 0 Å². The van der Waals surface area contributed by atoms with Crippen LogP contribution in [0.1, 0.15) is 53.0 Å². The lowest BCUT2D eigenvalue weighted by atomic mass is 9.81. The van der Waals surface area contributed by atoms with Crippen molar-refractivity contribution in [1.29, 1.82) is 0 Å². The molecule has 1 aliphatic rings. The molecule has 0 aliphatic heterocycles. The van der Waals surface area contributed by atoms with Crippen molar-refractivity contribution in [2.45, 2.75) is 58.4 Å². The molecule has 0 radical (unpaired) electrons. The smallest absolute Gasteiger partial charge is 0.257 e. The molecule has 2 amide bonds. The molecule has 1 aliphatic carbocycles. The fourth-order valence-electron chi connectivity index (χ4n) is 4.59. The predicted molar refractivity (Wildman–Crippen MR) is 127 cm³/mol. The summed E-state index contributed by atoms with van der Waals surface area (Å²) in [6.45, 7) is 5.57. The Morgan fingerprint density at radius 3 is 2.34 bits per heavy atom. The third-order valence-electron chi connectivity index (χ3n) is 6.59. The van der Waals surface area contributed by atoms with Gasteiger partial charge in [-0.05, 0) is 68.9 Å². The number of hydrogen-bond acceptors (Lipinski definition) is 5. The molecule has 1 atom stereocenters. The Morgan fingerprint density at radius 1 is 1.06 bits per heavy atom. The van der Waals surface area contributed by atoms with Crippen molar-refractivity contribution in [3.8, 4) is 11.1 Å². The van der Waals surface area contributed by atoms with Gasteiger partial charge in [-0.3, -0.25) is 14.6 Å². The molecular formula is C26H28F2N4O3. The fraction of sp³-hybridized carbons (Fsp3) is 0.385. The SMILES string of the molecule is Cc1ccnc(C)c1-c1ccc(NC(=O)[C@@H](NC(=O)c2conc2C)C2CCC(F)(F)CC2)cc1. The molecule has 1 aromatic carbocycles. The van der Waals surface area contributed by atoms with Gasteiger partial charge in [-0.15, -0.1) is 0 Å². The summed E-state index contributed by atoms with van der Waals surface area (Å²) in [6, 6.07) is 8.30. The van der Waals surface area contributed by atoms with Crippen molar-refractivity contribution in [3.63, 3.8) is 0 Å². The summed E-state index contributed by atoms with van der Waals surface area (Å²) < 4.78 is 32.3. The molecule has 7 nitrogen and oxygen atoms in total. The minimum Gasteiger partial charge on any atom is -0.364 e. The normalized spacial score (nSPS) is 16.5. The first kappa shape index (κ1) is 24.5. The molecule has 35 heavy (non-hydrogen) atoms. The number of carbonyl (C=O) groups excluding carboxylic acids is 2. The average molecular weight is 483 g/mol. The highest BCUT2D eigenvalue weighted by atomic mass is 19.3. The van der Waals surface area contributed by atoms with Crippen LogP contribution in [0.25, 0.3) is 11.1 Å². The van der Waals surface area contributed by atoms with E-state index in [9.17, 15) is 18.4 Å². The molecule has 0 saturated heterocycles. The van der Waals surface area contributed by atoms with E-state index in [2.05, 4.69) is 20.8 Å². The predicted octanol–water partition coefficient (Wildman–Crippen LogP) is 5.22. The molecule has 3 aromatic rings. The van der Waals surface area contributed by atoms with Crippen LogP contribution in [0.3, 0.4) is 0 Å². The minimum atomic E-state index is -2.75. The maximum Gasteiger partial charge on any atom is 0.257 e. The average Bonchev–Trinajstić information content (AvgIpc) is 3.24. The maximum atomic E-state index is 13.7. The lowest BCUT2D eigenvalue weighted by molar-refractivity contribution is -0.121. The molecule has 1 fully saturated rings. The van der Waals surface area contributed by atoms with Crippen molar-refractivity contribution < 1.29 is 22.9 Å². The Kier molecular flexibility index (Phi) is 6.95. The molecule has 2 heterocycles. The number of pyridine rings is 1. The lowest BCUT2D eigenvalue weighted by Gasteiger charge is -2.33. The van der Waals surface area contributed by atoms with Crippen LogP contribution in [-0.2, 0) is 4.79 Å². The Morgan fingerprint density at radius 2 is 1.74 bits per heavy atom. The Balaban J connectivity index is 1.52. The number of alkyl halides is 2. The second-order valence-corrected chi connectivity index (χ2v) is 9.11. The van der Waals surface area contributed by atoms with Crippen LogP contribution < -0.4 is 10.6 Å². The van der Waals surface area contributed by atoms with Crippen molar-refractivity contribution in [2.24, 2.45) is 5.92 Å². The second-order valence-electron chi connectivity index (χ2n) is 9.11. The van der Waals surface area contributed by atoms with E-state index in [-0.39, 0.29) is 31.2 Å². The molecule has 1 saturated carbocycles. The quantitative estimate of drug-likeness (QED) is 0.502. The summed E-state index contributed by atoms with van der Waals surface area (Å²) >= 11 is 0. The number of nitrogens with one attached hydrogen (secondary N) is 2. The number of aryl methyl sites for hydroxylation is 3. The Bertz CT molecular complexity index is 1190. The maximum absolute atomic E-state index is 13.7. The number of rotatable bonds is 6. The zero-order valence-electron chi connectivity index (χ0n) is 19.9. The first-order valence-electron chi connectivity index (χ1n) is 11.6. The zero-order valence-corrected chi connectivity index (χ0v) is 19.9. The first-order valence-corrected chi connectivity index (χ1v) is 11.6. The number of aromatic nitrogens is 2.